The summed E-state index contributed by atoms with van der Waals surface area (Å²) in [7, 11) is -2.07. The lowest BCUT2D eigenvalue weighted by atomic mass is 9.97. The summed E-state index contributed by atoms with van der Waals surface area (Å²) in [4.78, 5) is 12.5. The van der Waals surface area contributed by atoms with E-state index in [1.54, 1.807) is 14.0 Å². The number of hydrogen-bond acceptors (Lipinski definition) is 5. The molecule has 1 aliphatic heterocycles. The molecular weight excluding hydrogens is 354 g/mol. The Morgan fingerprint density at radius 1 is 1.15 bits per heavy atom. The third kappa shape index (κ3) is 3.99. The van der Waals surface area contributed by atoms with Gasteiger partial charge in [-0.15, -0.1) is 0 Å². The number of fused-ring (bicyclic) bond motifs is 1. The van der Waals surface area contributed by atoms with Crippen molar-refractivity contribution < 1.29 is 22.7 Å². The predicted octanol–water partition coefficient (Wildman–Crippen LogP) is 2.58. The van der Waals surface area contributed by atoms with Crippen molar-refractivity contribution >= 4 is 26.7 Å². The maximum absolute atomic E-state index is 12.5. The van der Waals surface area contributed by atoms with E-state index in [2.05, 4.69) is 4.72 Å². The number of sulfonamides is 1. The van der Waals surface area contributed by atoms with E-state index in [1.165, 1.54) is 0 Å². The Hall–Kier alpha value is -2.12. The first-order chi connectivity index (χ1) is 12.4. The first-order valence-electron chi connectivity index (χ1n) is 8.61. The second-order valence-corrected chi connectivity index (χ2v) is 8.48. The van der Waals surface area contributed by atoms with E-state index in [4.69, 9.17) is 9.47 Å². The number of carbonyl (C=O) groups is 1. The maximum Gasteiger partial charge on any atom is 0.240 e. The molecule has 1 N–H and O–H groups in total. The summed E-state index contributed by atoms with van der Waals surface area (Å²) >= 11 is 0. The molecule has 1 amide bonds. The third-order valence-electron chi connectivity index (χ3n) is 4.81. The lowest BCUT2D eigenvalue weighted by Gasteiger charge is -2.23. The van der Waals surface area contributed by atoms with E-state index in [0.717, 1.165) is 22.1 Å². The number of carbonyl (C=O) groups excluding carboxylic acids is 1. The van der Waals surface area contributed by atoms with Gasteiger partial charge in [0.2, 0.25) is 15.9 Å². The Morgan fingerprint density at radius 2 is 1.81 bits per heavy atom. The van der Waals surface area contributed by atoms with Crippen molar-refractivity contribution in [2.75, 3.05) is 20.3 Å². The molecule has 0 aliphatic carbocycles. The Morgan fingerprint density at radius 3 is 2.50 bits per heavy atom. The highest BCUT2D eigenvalue weighted by molar-refractivity contribution is 7.90. The molecule has 26 heavy (non-hydrogen) atoms. The minimum atomic E-state index is -3.68. The minimum Gasteiger partial charge on any atom is -0.497 e. The van der Waals surface area contributed by atoms with Crippen LogP contribution in [0.2, 0.25) is 0 Å². The zero-order valence-corrected chi connectivity index (χ0v) is 15.7. The minimum absolute atomic E-state index is 0.406. The molecular formula is C19H23NO5S. The van der Waals surface area contributed by atoms with Gasteiger partial charge in [-0.1, -0.05) is 24.3 Å². The monoisotopic (exact) mass is 377 g/mol. The quantitative estimate of drug-likeness (QED) is 0.866. The highest BCUT2D eigenvalue weighted by Crippen LogP contribution is 2.25. The fourth-order valence-electron chi connectivity index (χ4n) is 3.09. The number of rotatable bonds is 5. The number of amides is 1. The van der Waals surface area contributed by atoms with Crippen LogP contribution in [0.4, 0.5) is 0 Å². The zero-order chi connectivity index (χ0) is 18.7. The van der Waals surface area contributed by atoms with E-state index in [-0.39, 0.29) is 0 Å². The number of hydrogen-bond donors (Lipinski definition) is 1. The van der Waals surface area contributed by atoms with Gasteiger partial charge in [0, 0.05) is 13.2 Å². The fourth-order valence-corrected chi connectivity index (χ4v) is 4.53. The molecule has 2 aromatic rings. The van der Waals surface area contributed by atoms with Gasteiger partial charge < -0.3 is 9.47 Å². The normalized spacial score (nSPS) is 17.0. The SMILES string of the molecule is COc1ccc2cc([C@@H](C)C(=O)NS(=O)(=O)C3CCOCC3)ccc2c1. The Labute approximate surface area is 153 Å². The Balaban J connectivity index is 1.76. The molecule has 0 unspecified atom stereocenters. The van der Waals surface area contributed by atoms with Crippen molar-refractivity contribution in [1.29, 1.82) is 0 Å². The second kappa shape index (κ2) is 7.63. The smallest absolute Gasteiger partial charge is 0.240 e. The molecule has 1 saturated heterocycles. The molecule has 140 valence electrons. The molecule has 1 fully saturated rings. The Bertz CT molecular complexity index is 903. The van der Waals surface area contributed by atoms with Crippen LogP contribution in [-0.2, 0) is 19.6 Å². The van der Waals surface area contributed by atoms with E-state index in [1.807, 2.05) is 36.4 Å². The van der Waals surface area contributed by atoms with Crippen molar-refractivity contribution in [2.45, 2.75) is 30.9 Å². The van der Waals surface area contributed by atoms with E-state index < -0.39 is 27.1 Å². The van der Waals surface area contributed by atoms with Gasteiger partial charge in [0.25, 0.3) is 0 Å². The Kier molecular flexibility index (Phi) is 5.48. The van der Waals surface area contributed by atoms with Crippen molar-refractivity contribution in [1.82, 2.24) is 4.72 Å². The summed E-state index contributed by atoms with van der Waals surface area (Å²) in [6.45, 7) is 2.52. The summed E-state index contributed by atoms with van der Waals surface area (Å²) in [5.41, 5.74) is 0.766. The lowest BCUT2D eigenvalue weighted by Crippen LogP contribution is -2.42. The van der Waals surface area contributed by atoms with Crippen LogP contribution in [0, 0.1) is 0 Å². The molecule has 7 heteroatoms. The van der Waals surface area contributed by atoms with Crippen LogP contribution in [-0.4, -0.2) is 39.9 Å². The van der Waals surface area contributed by atoms with Crippen molar-refractivity contribution in [2.24, 2.45) is 0 Å². The summed E-state index contributed by atoms with van der Waals surface area (Å²) in [5.74, 6) is -0.320. The van der Waals surface area contributed by atoms with Crippen LogP contribution >= 0.6 is 0 Å². The average Bonchev–Trinajstić information content (AvgIpc) is 2.66. The third-order valence-corrected chi connectivity index (χ3v) is 6.65. The molecule has 0 saturated carbocycles. The van der Waals surface area contributed by atoms with Crippen LogP contribution < -0.4 is 9.46 Å². The molecule has 2 aromatic carbocycles. The number of ether oxygens (including phenoxy) is 2. The fraction of sp³-hybridized carbons (Fsp3) is 0.421. The van der Waals surface area contributed by atoms with Crippen LogP contribution in [0.1, 0.15) is 31.2 Å². The first-order valence-corrected chi connectivity index (χ1v) is 10.2. The van der Waals surface area contributed by atoms with Crippen molar-refractivity contribution in [3.8, 4) is 5.75 Å². The van der Waals surface area contributed by atoms with Gasteiger partial charge in [0.1, 0.15) is 5.75 Å². The van der Waals surface area contributed by atoms with Gasteiger partial charge in [-0.3, -0.25) is 9.52 Å². The van der Waals surface area contributed by atoms with Crippen LogP contribution in [0.25, 0.3) is 10.8 Å². The van der Waals surface area contributed by atoms with Gasteiger partial charge in [-0.05, 0) is 48.2 Å². The van der Waals surface area contributed by atoms with Crippen molar-refractivity contribution in [3.63, 3.8) is 0 Å². The number of benzene rings is 2. The highest BCUT2D eigenvalue weighted by atomic mass is 32.2. The van der Waals surface area contributed by atoms with Crippen molar-refractivity contribution in [3.05, 3.63) is 42.0 Å². The molecule has 3 rings (SSSR count). The van der Waals surface area contributed by atoms with Crippen LogP contribution in [0.3, 0.4) is 0 Å². The zero-order valence-electron chi connectivity index (χ0n) is 14.9. The first kappa shape index (κ1) is 18.7. The summed E-state index contributed by atoms with van der Waals surface area (Å²) in [6.07, 6.45) is 0.823. The van der Waals surface area contributed by atoms with Gasteiger partial charge in [-0.25, -0.2) is 8.42 Å². The van der Waals surface area contributed by atoms with Gasteiger partial charge in [0.15, 0.2) is 0 Å². The van der Waals surface area contributed by atoms with Crippen LogP contribution in [0.15, 0.2) is 36.4 Å². The van der Waals surface area contributed by atoms with E-state index in [9.17, 15) is 13.2 Å². The highest BCUT2D eigenvalue weighted by Gasteiger charge is 2.30. The molecule has 6 nitrogen and oxygen atoms in total. The predicted molar refractivity (Wildman–Crippen MR) is 99.8 cm³/mol. The molecule has 0 aromatic heterocycles. The largest absolute Gasteiger partial charge is 0.497 e. The topological polar surface area (TPSA) is 81.7 Å². The second-order valence-electron chi connectivity index (χ2n) is 6.52. The lowest BCUT2D eigenvalue weighted by molar-refractivity contribution is -0.120. The molecule has 1 aliphatic rings. The maximum atomic E-state index is 12.5. The van der Waals surface area contributed by atoms with Gasteiger partial charge >= 0.3 is 0 Å². The number of nitrogens with one attached hydrogen (secondary N) is 1. The summed E-state index contributed by atoms with van der Waals surface area (Å²) < 4.78 is 37.5. The summed E-state index contributed by atoms with van der Waals surface area (Å²) in [6, 6.07) is 11.3. The molecule has 1 heterocycles. The van der Waals surface area contributed by atoms with E-state index in [0.29, 0.717) is 26.1 Å². The average molecular weight is 377 g/mol. The molecule has 0 bridgehead atoms. The van der Waals surface area contributed by atoms with Gasteiger partial charge in [0.05, 0.1) is 18.3 Å². The van der Waals surface area contributed by atoms with Gasteiger partial charge in [-0.2, -0.15) is 0 Å². The van der Waals surface area contributed by atoms with Crippen LogP contribution in [0.5, 0.6) is 5.75 Å². The molecule has 0 radical (unpaired) electrons. The number of methoxy groups -OCH3 is 1. The standard InChI is InChI=1S/C19H23NO5S/c1-13(19(21)20-26(22,23)18-7-9-25-10-8-18)14-3-4-16-12-17(24-2)6-5-15(16)11-14/h3-6,11-13,18H,7-10H2,1-2H3,(H,20,21)/t13-/m1/s1. The van der Waals surface area contributed by atoms with E-state index >= 15 is 0 Å². The summed E-state index contributed by atoms with van der Waals surface area (Å²) in [5, 5.41) is 1.39. The molecule has 1 atom stereocenters. The molecule has 0 spiro atoms.